The fourth-order valence-corrected chi connectivity index (χ4v) is 1.81. The molecule has 22 heavy (non-hydrogen) atoms. The minimum absolute atomic E-state index is 0.0531. The number of rotatable bonds is 6. The second kappa shape index (κ2) is 7.40. The van der Waals surface area contributed by atoms with Gasteiger partial charge >= 0.3 is 0 Å². The summed E-state index contributed by atoms with van der Waals surface area (Å²) in [6.45, 7) is 1.79. The topological polar surface area (TPSA) is 60.5 Å². The molecule has 1 amide bonds. The van der Waals surface area contributed by atoms with Crippen LogP contribution in [0.25, 0.3) is 0 Å². The Labute approximate surface area is 128 Å². The number of para-hydroxylation sites is 1. The van der Waals surface area contributed by atoms with Crippen LogP contribution >= 0.6 is 0 Å². The molecule has 1 heterocycles. The van der Waals surface area contributed by atoms with E-state index >= 15 is 0 Å². The van der Waals surface area contributed by atoms with Crippen molar-refractivity contribution >= 4 is 11.6 Å². The van der Waals surface area contributed by atoms with E-state index in [0.717, 1.165) is 0 Å². The van der Waals surface area contributed by atoms with E-state index in [0.29, 0.717) is 18.0 Å². The van der Waals surface area contributed by atoms with E-state index in [1.807, 2.05) is 0 Å². The van der Waals surface area contributed by atoms with Crippen molar-refractivity contribution in [1.82, 2.24) is 4.98 Å². The Morgan fingerprint density at radius 3 is 2.68 bits per heavy atom. The number of nitrogens with zero attached hydrogens (tertiary/aromatic N) is 1. The number of hydrogen-bond acceptors (Lipinski definition) is 4. The molecule has 0 fully saturated rings. The monoisotopic (exact) mass is 304 g/mol. The van der Waals surface area contributed by atoms with Crippen LogP contribution in [0.5, 0.6) is 11.6 Å². The van der Waals surface area contributed by atoms with E-state index in [-0.39, 0.29) is 11.7 Å². The Hall–Kier alpha value is -2.63. The maximum Gasteiger partial charge on any atom is 0.265 e. The number of benzene rings is 1. The number of amides is 1. The lowest BCUT2D eigenvalue weighted by Gasteiger charge is -2.17. The molecule has 0 radical (unpaired) electrons. The molecule has 0 saturated carbocycles. The zero-order valence-corrected chi connectivity index (χ0v) is 12.4. The van der Waals surface area contributed by atoms with Crippen molar-refractivity contribution in [2.45, 2.75) is 19.4 Å². The molecule has 0 bridgehead atoms. The third-order valence-electron chi connectivity index (χ3n) is 2.98. The molecule has 6 heteroatoms. The summed E-state index contributed by atoms with van der Waals surface area (Å²) in [5.41, 5.74) is 0.515. The lowest BCUT2D eigenvalue weighted by atomic mass is 10.2. The van der Waals surface area contributed by atoms with Crippen molar-refractivity contribution in [3.8, 4) is 11.6 Å². The van der Waals surface area contributed by atoms with E-state index in [4.69, 9.17) is 9.47 Å². The van der Waals surface area contributed by atoms with Crippen LogP contribution in [0.15, 0.2) is 42.6 Å². The molecule has 2 aromatic rings. The standard InChI is InChI=1S/C16H17FN2O3/c1-3-13(22-14-7-5-4-6-12(14)17)16(20)19-11-8-9-15(21-2)18-10-11/h4-10,13H,3H2,1-2H3,(H,19,20)/t13-/m0/s1. The number of nitrogens with one attached hydrogen (secondary N) is 1. The third kappa shape index (κ3) is 3.94. The summed E-state index contributed by atoms with van der Waals surface area (Å²) < 4.78 is 24.0. The highest BCUT2D eigenvalue weighted by Gasteiger charge is 2.20. The van der Waals surface area contributed by atoms with Crippen LogP contribution < -0.4 is 14.8 Å². The predicted octanol–water partition coefficient (Wildman–Crippen LogP) is 3.03. The molecular formula is C16H17FN2O3. The molecule has 1 aromatic heterocycles. The Morgan fingerprint density at radius 2 is 2.09 bits per heavy atom. The Morgan fingerprint density at radius 1 is 1.32 bits per heavy atom. The van der Waals surface area contributed by atoms with Gasteiger partial charge in [-0.25, -0.2) is 9.37 Å². The number of pyridine rings is 1. The highest BCUT2D eigenvalue weighted by atomic mass is 19.1. The average Bonchev–Trinajstić information content (AvgIpc) is 2.54. The van der Waals surface area contributed by atoms with Crippen molar-refractivity contribution in [3.05, 3.63) is 48.4 Å². The van der Waals surface area contributed by atoms with Crippen molar-refractivity contribution < 1.29 is 18.7 Å². The van der Waals surface area contributed by atoms with Crippen molar-refractivity contribution in [1.29, 1.82) is 0 Å². The number of aromatic nitrogens is 1. The summed E-state index contributed by atoms with van der Waals surface area (Å²) in [7, 11) is 1.51. The number of carbonyl (C=O) groups excluding carboxylic acids is 1. The van der Waals surface area contributed by atoms with Crippen LogP contribution in [-0.2, 0) is 4.79 Å². The second-order valence-electron chi connectivity index (χ2n) is 4.52. The fraction of sp³-hybridized carbons (Fsp3) is 0.250. The van der Waals surface area contributed by atoms with Crippen LogP contribution in [0.1, 0.15) is 13.3 Å². The van der Waals surface area contributed by atoms with Crippen molar-refractivity contribution in [3.63, 3.8) is 0 Å². The molecular weight excluding hydrogens is 287 g/mol. The van der Waals surface area contributed by atoms with E-state index in [1.165, 1.54) is 25.4 Å². The van der Waals surface area contributed by atoms with Gasteiger partial charge < -0.3 is 14.8 Å². The van der Waals surface area contributed by atoms with Gasteiger partial charge in [-0.2, -0.15) is 0 Å². The van der Waals surface area contributed by atoms with Crippen LogP contribution in [0.4, 0.5) is 10.1 Å². The zero-order chi connectivity index (χ0) is 15.9. The van der Waals surface area contributed by atoms with Gasteiger partial charge in [-0.05, 0) is 24.6 Å². The molecule has 2 rings (SSSR count). The van der Waals surface area contributed by atoms with Gasteiger partial charge in [0.2, 0.25) is 5.88 Å². The average molecular weight is 304 g/mol. The maximum atomic E-state index is 13.6. The molecule has 0 aliphatic heterocycles. The molecule has 0 aliphatic rings. The molecule has 0 saturated heterocycles. The van der Waals surface area contributed by atoms with Crippen LogP contribution in [0, 0.1) is 5.82 Å². The van der Waals surface area contributed by atoms with Gasteiger partial charge in [0.25, 0.3) is 5.91 Å². The first-order valence-electron chi connectivity index (χ1n) is 6.86. The van der Waals surface area contributed by atoms with E-state index in [2.05, 4.69) is 10.3 Å². The molecule has 1 aromatic carbocycles. The fourth-order valence-electron chi connectivity index (χ4n) is 1.81. The van der Waals surface area contributed by atoms with E-state index in [9.17, 15) is 9.18 Å². The first kappa shape index (κ1) is 15.8. The minimum atomic E-state index is -0.793. The largest absolute Gasteiger partial charge is 0.481 e. The van der Waals surface area contributed by atoms with Gasteiger partial charge in [-0.3, -0.25) is 4.79 Å². The summed E-state index contributed by atoms with van der Waals surface area (Å²) in [6, 6.07) is 9.28. The SMILES string of the molecule is CC[C@H](Oc1ccccc1F)C(=O)Nc1ccc(OC)nc1. The van der Waals surface area contributed by atoms with Gasteiger partial charge in [-0.1, -0.05) is 19.1 Å². The van der Waals surface area contributed by atoms with Crippen LogP contribution in [0.2, 0.25) is 0 Å². The molecule has 0 aliphatic carbocycles. The smallest absolute Gasteiger partial charge is 0.265 e. The van der Waals surface area contributed by atoms with Crippen LogP contribution in [-0.4, -0.2) is 24.1 Å². The van der Waals surface area contributed by atoms with E-state index < -0.39 is 11.9 Å². The van der Waals surface area contributed by atoms with E-state index in [1.54, 1.807) is 31.2 Å². The first-order valence-corrected chi connectivity index (χ1v) is 6.86. The number of hydrogen-bond donors (Lipinski definition) is 1. The molecule has 116 valence electrons. The molecule has 0 unspecified atom stereocenters. The molecule has 5 nitrogen and oxygen atoms in total. The lowest BCUT2D eigenvalue weighted by molar-refractivity contribution is -0.122. The number of anilines is 1. The Balaban J connectivity index is 2.03. The quantitative estimate of drug-likeness (QED) is 0.891. The predicted molar refractivity (Wildman–Crippen MR) is 80.5 cm³/mol. The Bertz CT molecular complexity index is 632. The Kier molecular flexibility index (Phi) is 5.30. The number of halogens is 1. The highest BCUT2D eigenvalue weighted by molar-refractivity contribution is 5.94. The van der Waals surface area contributed by atoms with Crippen LogP contribution in [0.3, 0.4) is 0 Å². The number of ether oxygens (including phenoxy) is 2. The normalized spacial score (nSPS) is 11.6. The molecule has 0 spiro atoms. The minimum Gasteiger partial charge on any atom is -0.481 e. The van der Waals surface area contributed by atoms with Gasteiger partial charge in [0.05, 0.1) is 19.0 Å². The highest BCUT2D eigenvalue weighted by Crippen LogP contribution is 2.19. The third-order valence-corrected chi connectivity index (χ3v) is 2.98. The molecule has 1 atom stereocenters. The summed E-state index contributed by atoms with van der Waals surface area (Å²) in [5, 5.41) is 2.68. The maximum absolute atomic E-state index is 13.6. The number of carbonyl (C=O) groups is 1. The van der Waals surface area contributed by atoms with Crippen molar-refractivity contribution in [2.24, 2.45) is 0 Å². The lowest BCUT2D eigenvalue weighted by Crippen LogP contribution is -2.32. The number of methoxy groups -OCH3 is 1. The van der Waals surface area contributed by atoms with Crippen molar-refractivity contribution in [2.75, 3.05) is 12.4 Å². The first-order chi connectivity index (χ1) is 10.6. The molecule has 1 N–H and O–H groups in total. The second-order valence-corrected chi connectivity index (χ2v) is 4.52. The summed E-state index contributed by atoms with van der Waals surface area (Å²) in [4.78, 5) is 16.2. The van der Waals surface area contributed by atoms with Gasteiger partial charge in [0.1, 0.15) is 0 Å². The van der Waals surface area contributed by atoms with Gasteiger partial charge in [0, 0.05) is 6.07 Å². The summed E-state index contributed by atoms with van der Waals surface area (Å²) in [5.74, 6) is -0.359. The van der Waals surface area contributed by atoms with Gasteiger partial charge in [0.15, 0.2) is 17.7 Å². The summed E-state index contributed by atoms with van der Waals surface area (Å²) in [6.07, 6.45) is 1.09. The summed E-state index contributed by atoms with van der Waals surface area (Å²) >= 11 is 0. The zero-order valence-electron chi connectivity index (χ0n) is 12.4. The van der Waals surface area contributed by atoms with Gasteiger partial charge in [-0.15, -0.1) is 0 Å².